The fourth-order valence-corrected chi connectivity index (χ4v) is 2.58. The number of aliphatic imine (C=N–C) groups is 1. The Morgan fingerprint density at radius 2 is 2.26 bits per heavy atom. The van der Waals surface area contributed by atoms with Crippen molar-refractivity contribution in [2.45, 2.75) is 6.92 Å². The largest absolute Gasteiger partial charge is 0.426 e. The molecule has 98 valence electrons. The number of esters is 1. The first-order valence-electron chi connectivity index (χ1n) is 5.21. The average Bonchev–Trinajstić information content (AvgIpc) is 2.61. The van der Waals surface area contributed by atoms with E-state index in [1.54, 1.807) is 24.3 Å². The Bertz CT molecular complexity index is 625. The monoisotopic (exact) mass is 340 g/mol. The van der Waals surface area contributed by atoms with Crippen LogP contribution in [0.25, 0.3) is 6.08 Å². The Balaban J connectivity index is 2.24. The summed E-state index contributed by atoms with van der Waals surface area (Å²) in [4.78, 5) is 26.4. The number of carbonyl (C=O) groups excluding carboxylic acids is 2. The van der Waals surface area contributed by atoms with Crippen molar-refractivity contribution in [2.75, 3.05) is 0 Å². The van der Waals surface area contributed by atoms with Crippen LogP contribution in [-0.4, -0.2) is 17.0 Å². The topological polar surface area (TPSA) is 81.8 Å². The van der Waals surface area contributed by atoms with Crippen LogP contribution >= 0.6 is 27.7 Å². The van der Waals surface area contributed by atoms with Gasteiger partial charge in [0.1, 0.15) is 5.75 Å². The van der Waals surface area contributed by atoms with Crippen LogP contribution < -0.4 is 10.5 Å². The molecule has 19 heavy (non-hydrogen) atoms. The van der Waals surface area contributed by atoms with Gasteiger partial charge in [-0.1, -0.05) is 6.07 Å². The van der Waals surface area contributed by atoms with Gasteiger partial charge in [-0.25, -0.2) is 0 Å². The SMILES string of the molecule is CC(=O)Oc1ccc(/C=C2\SC(N)=NC2=O)cc1Br. The fourth-order valence-electron chi connectivity index (χ4n) is 1.42. The zero-order chi connectivity index (χ0) is 14.0. The minimum absolute atomic E-state index is 0.242. The maximum absolute atomic E-state index is 11.4. The summed E-state index contributed by atoms with van der Waals surface area (Å²) < 4.78 is 5.61. The van der Waals surface area contributed by atoms with Gasteiger partial charge in [0, 0.05) is 6.92 Å². The Morgan fingerprint density at radius 1 is 1.53 bits per heavy atom. The van der Waals surface area contributed by atoms with Crippen LogP contribution in [0.4, 0.5) is 0 Å². The van der Waals surface area contributed by atoms with E-state index in [4.69, 9.17) is 10.5 Å². The molecule has 1 aromatic carbocycles. The van der Waals surface area contributed by atoms with Crippen molar-refractivity contribution in [1.82, 2.24) is 0 Å². The molecule has 0 fully saturated rings. The predicted octanol–water partition coefficient (Wildman–Crippen LogP) is 2.30. The highest BCUT2D eigenvalue weighted by molar-refractivity contribution is 9.10. The van der Waals surface area contributed by atoms with E-state index in [1.165, 1.54) is 6.92 Å². The smallest absolute Gasteiger partial charge is 0.308 e. The standard InChI is InChI=1S/C12H9BrN2O3S/c1-6(16)18-9-3-2-7(4-8(9)13)5-10-11(17)15-12(14)19-10/h2-5H,1H3,(H2,14,15,17)/b10-5-. The Morgan fingerprint density at radius 3 is 2.79 bits per heavy atom. The molecule has 5 nitrogen and oxygen atoms in total. The minimum atomic E-state index is -0.394. The van der Waals surface area contributed by atoms with Crippen LogP contribution in [0.1, 0.15) is 12.5 Å². The molecule has 1 amide bonds. The van der Waals surface area contributed by atoms with Gasteiger partial charge in [-0.2, -0.15) is 4.99 Å². The van der Waals surface area contributed by atoms with E-state index in [0.29, 0.717) is 15.1 Å². The highest BCUT2D eigenvalue weighted by Crippen LogP contribution is 2.30. The average molecular weight is 341 g/mol. The molecule has 2 N–H and O–H groups in total. The summed E-state index contributed by atoms with van der Waals surface area (Å²) in [6, 6.07) is 5.12. The lowest BCUT2D eigenvalue weighted by Gasteiger charge is -2.05. The van der Waals surface area contributed by atoms with Gasteiger partial charge in [-0.05, 0) is 51.5 Å². The quantitative estimate of drug-likeness (QED) is 0.507. The first-order valence-corrected chi connectivity index (χ1v) is 6.82. The van der Waals surface area contributed by atoms with Gasteiger partial charge < -0.3 is 10.5 Å². The van der Waals surface area contributed by atoms with Crippen LogP contribution in [0.15, 0.2) is 32.6 Å². The molecular formula is C12H9BrN2O3S. The van der Waals surface area contributed by atoms with Crippen molar-refractivity contribution in [3.05, 3.63) is 33.1 Å². The van der Waals surface area contributed by atoms with Crippen molar-refractivity contribution in [1.29, 1.82) is 0 Å². The van der Waals surface area contributed by atoms with Gasteiger partial charge >= 0.3 is 5.97 Å². The van der Waals surface area contributed by atoms with Gasteiger partial charge in [-0.3, -0.25) is 9.59 Å². The number of hydrogen-bond acceptors (Lipinski definition) is 5. The molecule has 2 rings (SSSR count). The minimum Gasteiger partial charge on any atom is -0.426 e. The van der Waals surface area contributed by atoms with E-state index in [-0.39, 0.29) is 11.1 Å². The van der Waals surface area contributed by atoms with Crippen molar-refractivity contribution in [2.24, 2.45) is 10.7 Å². The Labute approximate surface area is 122 Å². The molecule has 0 radical (unpaired) electrons. The number of halogens is 1. The van der Waals surface area contributed by atoms with Crippen LogP contribution in [0.3, 0.4) is 0 Å². The second-order valence-corrected chi connectivity index (χ2v) is 5.57. The molecule has 1 aromatic rings. The van der Waals surface area contributed by atoms with Gasteiger partial charge in [0.05, 0.1) is 9.38 Å². The molecule has 0 unspecified atom stereocenters. The van der Waals surface area contributed by atoms with E-state index in [9.17, 15) is 9.59 Å². The molecular weight excluding hydrogens is 332 g/mol. The van der Waals surface area contributed by atoms with Gasteiger partial charge in [0.15, 0.2) is 5.17 Å². The molecule has 0 aromatic heterocycles. The summed E-state index contributed by atoms with van der Waals surface area (Å²) >= 11 is 4.43. The summed E-state index contributed by atoms with van der Waals surface area (Å²) in [5.74, 6) is -0.312. The fraction of sp³-hybridized carbons (Fsp3) is 0.0833. The van der Waals surface area contributed by atoms with E-state index in [0.717, 1.165) is 17.3 Å². The lowest BCUT2D eigenvalue weighted by molar-refractivity contribution is -0.131. The molecule has 1 aliphatic heterocycles. The molecule has 0 spiro atoms. The van der Waals surface area contributed by atoms with Crippen LogP contribution in [0.2, 0.25) is 0 Å². The number of rotatable bonds is 2. The summed E-state index contributed by atoms with van der Waals surface area (Å²) in [6.45, 7) is 1.33. The molecule has 0 bridgehead atoms. The van der Waals surface area contributed by atoms with E-state index >= 15 is 0 Å². The number of amides is 1. The molecule has 0 saturated heterocycles. The van der Waals surface area contributed by atoms with Crippen molar-refractivity contribution < 1.29 is 14.3 Å². The van der Waals surface area contributed by atoms with Gasteiger partial charge in [-0.15, -0.1) is 0 Å². The predicted molar refractivity (Wildman–Crippen MR) is 77.6 cm³/mol. The van der Waals surface area contributed by atoms with Crippen molar-refractivity contribution >= 4 is 50.8 Å². The van der Waals surface area contributed by atoms with E-state index < -0.39 is 5.97 Å². The van der Waals surface area contributed by atoms with Gasteiger partial charge in [0.2, 0.25) is 0 Å². The summed E-state index contributed by atoms with van der Waals surface area (Å²) in [6.07, 6.45) is 1.68. The third-order valence-corrected chi connectivity index (χ3v) is 3.58. The second kappa shape index (κ2) is 5.58. The zero-order valence-electron chi connectivity index (χ0n) is 9.84. The maximum atomic E-state index is 11.4. The zero-order valence-corrected chi connectivity index (χ0v) is 12.2. The number of nitrogens with zero attached hydrogens (tertiary/aromatic N) is 1. The first-order chi connectivity index (χ1) is 8.95. The molecule has 1 aliphatic rings. The second-order valence-electron chi connectivity index (χ2n) is 3.65. The number of thioether (sulfide) groups is 1. The number of hydrogen-bond donors (Lipinski definition) is 1. The Hall–Kier alpha value is -1.60. The first kappa shape index (κ1) is 13.8. The Kier molecular flexibility index (Phi) is 4.06. The molecule has 7 heteroatoms. The molecule has 0 atom stereocenters. The third kappa shape index (κ3) is 3.45. The molecule has 0 saturated carbocycles. The van der Waals surface area contributed by atoms with Crippen molar-refractivity contribution in [3.8, 4) is 5.75 Å². The number of carbonyl (C=O) groups is 2. The van der Waals surface area contributed by atoms with Crippen LogP contribution in [0, 0.1) is 0 Å². The van der Waals surface area contributed by atoms with E-state index in [1.807, 2.05) is 0 Å². The third-order valence-electron chi connectivity index (χ3n) is 2.14. The summed E-state index contributed by atoms with van der Waals surface area (Å²) in [5, 5.41) is 0.242. The van der Waals surface area contributed by atoms with Crippen LogP contribution in [0.5, 0.6) is 5.75 Å². The lowest BCUT2D eigenvalue weighted by Crippen LogP contribution is -2.01. The number of amidine groups is 1. The maximum Gasteiger partial charge on any atom is 0.308 e. The molecule has 1 heterocycles. The lowest BCUT2D eigenvalue weighted by atomic mass is 10.2. The number of nitrogens with two attached hydrogens (primary N) is 1. The summed E-state index contributed by atoms with van der Waals surface area (Å²) in [5.41, 5.74) is 6.24. The molecule has 0 aliphatic carbocycles. The number of benzene rings is 1. The highest BCUT2D eigenvalue weighted by atomic mass is 79.9. The highest BCUT2D eigenvalue weighted by Gasteiger charge is 2.19. The van der Waals surface area contributed by atoms with Gasteiger partial charge in [0.25, 0.3) is 5.91 Å². The number of ether oxygens (including phenoxy) is 1. The van der Waals surface area contributed by atoms with Crippen LogP contribution in [-0.2, 0) is 9.59 Å². The normalized spacial score (nSPS) is 16.6. The van der Waals surface area contributed by atoms with Crippen molar-refractivity contribution in [3.63, 3.8) is 0 Å². The van der Waals surface area contributed by atoms with E-state index in [2.05, 4.69) is 20.9 Å². The summed E-state index contributed by atoms with van der Waals surface area (Å²) in [7, 11) is 0.